The van der Waals surface area contributed by atoms with E-state index in [0.717, 1.165) is 30.1 Å². The summed E-state index contributed by atoms with van der Waals surface area (Å²) >= 11 is 0. The van der Waals surface area contributed by atoms with Crippen molar-refractivity contribution in [3.8, 4) is 23.0 Å². The summed E-state index contributed by atoms with van der Waals surface area (Å²) in [4.78, 5) is 13.5. The smallest absolute Gasteiger partial charge is 0.204 e. The molecule has 0 saturated carbocycles. The molecule has 0 unspecified atom stereocenters. The molecule has 0 fully saturated rings. The van der Waals surface area contributed by atoms with E-state index in [1.54, 1.807) is 0 Å². The fourth-order valence-electron chi connectivity index (χ4n) is 3.99. The number of benzene rings is 2. The zero-order chi connectivity index (χ0) is 25.2. The molecule has 0 atom stereocenters. The van der Waals surface area contributed by atoms with Gasteiger partial charge in [0.15, 0.2) is 11.3 Å². The van der Waals surface area contributed by atoms with Crippen LogP contribution in [0.25, 0.3) is 21.9 Å². The van der Waals surface area contributed by atoms with Gasteiger partial charge in [0.05, 0.1) is 5.39 Å². The van der Waals surface area contributed by atoms with Gasteiger partial charge in [0.2, 0.25) is 11.2 Å². The van der Waals surface area contributed by atoms with Crippen LogP contribution < -0.4 is 5.43 Å². The minimum absolute atomic E-state index is 0.0828. The number of rotatable bonds is 7. The number of aromatic hydroxyl groups is 4. The molecule has 0 bridgehead atoms. The molecule has 0 saturated heterocycles. The van der Waals surface area contributed by atoms with E-state index in [2.05, 4.69) is 19.9 Å². The zero-order valence-corrected chi connectivity index (χ0v) is 20.3. The first-order valence-electron chi connectivity index (χ1n) is 11.3. The molecule has 0 amide bonds. The van der Waals surface area contributed by atoms with E-state index in [1.165, 1.54) is 11.6 Å². The number of hydrogen-bond donors (Lipinski definition) is 4. The third kappa shape index (κ3) is 5.11. The lowest BCUT2D eigenvalue weighted by Crippen LogP contribution is -2.08. The molecular formula is C28H32O6. The van der Waals surface area contributed by atoms with Crippen molar-refractivity contribution in [3.05, 3.63) is 68.4 Å². The van der Waals surface area contributed by atoms with Crippen LogP contribution in [-0.4, -0.2) is 20.4 Å². The van der Waals surface area contributed by atoms with Gasteiger partial charge in [-0.2, -0.15) is 0 Å². The largest absolute Gasteiger partial charge is 0.508 e. The second kappa shape index (κ2) is 10.1. The van der Waals surface area contributed by atoms with Crippen molar-refractivity contribution >= 4 is 21.9 Å². The first-order chi connectivity index (χ1) is 16.0. The van der Waals surface area contributed by atoms with E-state index in [9.17, 15) is 25.2 Å². The van der Waals surface area contributed by atoms with E-state index < -0.39 is 16.9 Å². The van der Waals surface area contributed by atoms with Gasteiger partial charge in [0, 0.05) is 17.7 Å². The highest BCUT2D eigenvalue weighted by atomic mass is 16.4. The third-order valence-corrected chi connectivity index (χ3v) is 5.81. The Labute approximate surface area is 198 Å². The Hall–Kier alpha value is -3.67. The lowest BCUT2D eigenvalue weighted by molar-refractivity contribution is 0.397. The Morgan fingerprint density at radius 2 is 1.47 bits per heavy atom. The van der Waals surface area contributed by atoms with Gasteiger partial charge in [-0.25, -0.2) is 0 Å². The molecule has 2 aromatic carbocycles. The Morgan fingerprint density at radius 3 is 2.12 bits per heavy atom. The van der Waals surface area contributed by atoms with Crippen LogP contribution in [0, 0.1) is 0 Å². The lowest BCUT2D eigenvalue weighted by Gasteiger charge is -2.15. The first kappa shape index (κ1) is 25.0. The highest BCUT2D eigenvalue weighted by Gasteiger charge is 2.24. The average Bonchev–Trinajstić information content (AvgIpc) is 2.73. The molecule has 6 nitrogen and oxygen atoms in total. The van der Waals surface area contributed by atoms with Gasteiger partial charge in [0.1, 0.15) is 22.5 Å². The van der Waals surface area contributed by atoms with Crippen LogP contribution in [0.15, 0.2) is 56.3 Å². The Morgan fingerprint density at radius 1 is 0.824 bits per heavy atom. The fourth-order valence-corrected chi connectivity index (χ4v) is 3.99. The maximum absolute atomic E-state index is 13.5. The summed E-state index contributed by atoms with van der Waals surface area (Å²) in [6.07, 6.45) is 8.51. The summed E-state index contributed by atoms with van der Waals surface area (Å²) in [6.45, 7) is 9.99. The molecule has 4 N–H and O–H groups in total. The molecular weight excluding hydrogens is 432 g/mol. The van der Waals surface area contributed by atoms with Gasteiger partial charge >= 0.3 is 0 Å². The van der Waals surface area contributed by atoms with Crippen LogP contribution >= 0.6 is 0 Å². The number of phenolic OH excluding ortho intramolecular Hbond substituents is 4. The van der Waals surface area contributed by atoms with Gasteiger partial charge < -0.3 is 24.8 Å². The van der Waals surface area contributed by atoms with E-state index in [0.29, 0.717) is 24.0 Å². The predicted octanol–water partition coefficient (Wildman–Crippen LogP) is 6.51. The predicted molar refractivity (Wildman–Crippen MR) is 136 cm³/mol. The molecule has 180 valence electrons. The highest BCUT2D eigenvalue weighted by Crippen LogP contribution is 2.42. The van der Waals surface area contributed by atoms with Crippen LogP contribution in [0.5, 0.6) is 23.0 Å². The Bertz CT molecular complexity index is 1390. The molecule has 0 aliphatic rings. The number of allylic oxidation sites excluding steroid dienone is 6. The molecule has 6 heteroatoms. The second-order valence-corrected chi connectivity index (χ2v) is 9.19. The van der Waals surface area contributed by atoms with Crippen molar-refractivity contribution in [2.75, 3.05) is 0 Å². The SMILES string of the molecule is CC(C)=CCC/C(C)=C\Cc1c(O)c(O)c2oc3cc(O)cc(O)c3c(=O)c2c1CC=C(C)C. The molecule has 0 aliphatic heterocycles. The maximum atomic E-state index is 13.5. The minimum Gasteiger partial charge on any atom is -0.508 e. The van der Waals surface area contributed by atoms with Crippen molar-refractivity contribution in [3.63, 3.8) is 0 Å². The van der Waals surface area contributed by atoms with Crippen LogP contribution in [0.1, 0.15) is 58.6 Å². The molecule has 0 spiro atoms. The topological polar surface area (TPSA) is 111 Å². The summed E-state index contributed by atoms with van der Waals surface area (Å²) in [6, 6.07) is 2.26. The number of fused-ring (bicyclic) bond motifs is 2. The molecule has 3 rings (SSSR count). The van der Waals surface area contributed by atoms with Gasteiger partial charge in [-0.3, -0.25) is 4.79 Å². The van der Waals surface area contributed by atoms with E-state index in [-0.39, 0.29) is 33.4 Å². The van der Waals surface area contributed by atoms with Crippen molar-refractivity contribution < 1.29 is 24.8 Å². The van der Waals surface area contributed by atoms with E-state index in [1.807, 2.05) is 32.9 Å². The van der Waals surface area contributed by atoms with Crippen LogP contribution in [0.2, 0.25) is 0 Å². The summed E-state index contributed by atoms with van der Waals surface area (Å²) in [5, 5.41) is 41.8. The zero-order valence-electron chi connectivity index (χ0n) is 20.3. The van der Waals surface area contributed by atoms with Gasteiger partial charge in [-0.15, -0.1) is 0 Å². The van der Waals surface area contributed by atoms with E-state index >= 15 is 0 Å². The summed E-state index contributed by atoms with van der Waals surface area (Å²) in [5.74, 6) is -1.58. The quantitative estimate of drug-likeness (QED) is 0.180. The molecule has 0 radical (unpaired) electrons. The molecule has 3 aromatic rings. The summed E-state index contributed by atoms with van der Waals surface area (Å²) in [7, 11) is 0. The molecule has 1 aromatic heterocycles. The first-order valence-corrected chi connectivity index (χ1v) is 11.3. The maximum Gasteiger partial charge on any atom is 0.204 e. The summed E-state index contributed by atoms with van der Waals surface area (Å²) < 4.78 is 5.73. The van der Waals surface area contributed by atoms with Crippen molar-refractivity contribution in [1.29, 1.82) is 0 Å². The fraction of sp³-hybridized carbons (Fsp3) is 0.321. The monoisotopic (exact) mass is 464 g/mol. The van der Waals surface area contributed by atoms with Crippen molar-refractivity contribution in [1.82, 2.24) is 0 Å². The second-order valence-electron chi connectivity index (χ2n) is 9.19. The summed E-state index contributed by atoms with van der Waals surface area (Å²) in [5.41, 5.74) is 3.58. The minimum atomic E-state index is -0.539. The molecule has 34 heavy (non-hydrogen) atoms. The Balaban J connectivity index is 2.28. The molecule has 0 aliphatic carbocycles. The van der Waals surface area contributed by atoms with Gasteiger partial charge in [-0.1, -0.05) is 34.9 Å². The normalized spacial score (nSPS) is 11.7. The van der Waals surface area contributed by atoms with Crippen LogP contribution in [0.3, 0.4) is 0 Å². The standard InChI is InChI=1S/C28H32O6/c1-15(2)7-6-8-17(5)10-12-20-19(11-9-16(3)4)23-26(32)24-21(30)13-18(29)14-22(24)34-28(23)27(33)25(20)31/h7,9-10,13-14,29-31,33H,6,8,11-12H2,1-5H3/b17-10-. The lowest BCUT2D eigenvalue weighted by atomic mass is 9.93. The number of hydrogen-bond acceptors (Lipinski definition) is 6. The van der Waals surface area contributed by atoms with Crippen LogP contribution in [0.4, 0.5) is 0 Å². The average molecular weight is 465 g/mol. The van der Waals surface area contributed by atoms with Gasteiger partial charge in [-0.05, 0) is 65.9 Å². The third-order valence-electron chi connectivity index (χ3n) is 5.81. The van der Waals surface area contributed by atoms with Crippen LogP contribution in [-0.2, 0) is 12.8 Å². The van der Waals surface area contributed by atoms with Crippen molar-refractivity contribution in [2.24, 2.45) is 0 Å². The highest BCUT2D eigenvalue weighted by molar-refractivity contribution is 5.99. The number of phenols is 4. The Kier molecular flexibility index (Phi) is 7.40. The molecule has 1 heterocycles. The van der Waals surface area contributed by atoms with Crippen molar-refractivity contribution in [2.45, 2.75) is 60.3 Å². The van der Waals surface area contributed by atoms with E-state index in [4.69, 9.17) is 4.42 Å². The van der Waals surface area contributed by atoms with Gasteiger partial charge in [0.25, 0.3) is 0 Å².